The predicted molar refractivity (Wildman–Crippen MR) is 83.3 cm³/mol. The maximum Gasteiger partial charge on any atom is 0.242 e. The highest BCUT2D eigenvalue weighted by Crippen LogP contribution is 2.22. The topological polar surface area (TPSA) is 40.6 Å². The molecule has 0 unspecified atom stereocenters. The summed E-state index contributed by atoms with van der Waals surface area (Å²) in [7, 11) is 1.85. The fourth-order valence-corrected chi connectivity index (χ4v) is 2.84. The fourth-order valence-electron chi connectivity index (χ4n) is 2.84. The molecule has 0 spiro atoms. The van der Waals surface area contributed by atoms with Gasteiger partial charge in [0.05, 0.1) is 5.54 Å². The van der Waals surface area contributed by atoms with Crippen molar-refractivity contribution in [1.82, 2.24) is 9.80 Å². The van der Waals surface area contributed by atoms with Crippen LogP contribution in [0.15, 0.2) is 30.3 Å². The van der Waals surface area contributed by atoms with Gasteiger partial charge in [-0.15, -0.1) is 0 Å². The molecule has 1 amide bonds. The van der Waals surface area contributed by atoms with Crippen LogP contribution in [-0.2, 0) is 4.79 Å². The molecule has 114 valence electrons. The molecular weight excluding hydrogens is 264 g/mol. The third-order valence-corrected chi connectivity index (χ3v) is 4.29. The zero-order valence-corrected chi connectivity index (χ0v) is 13.1. The van der Waals surface area contributed by atoms with E-state index in [2.05, 4.69) is 4.90 Å². The van der Waals surface area contributed by atoms with E-state index < -0.39 is 5.54 Å². The standard InChI is InChI=1S/C17H24N2O2/c1-17(2)16(21)18(3)12-13-19(17)11-7-10-15(20)14-8-5-4-6-9-14/h4-6,8-9H,7,10-13H2,1-3H3. The Hall–Kier alpha value is -1.68. The van der Waals surface area contributed by atoms with Gasteiger partial charge in [-0.2, -0.15) is 0 Å². The Morgan fingerprint density at radius 2 is 1.86 bits per heavy atom. The predicted octanol–water partition coefficient (Wildman–Crippen LogP) is 2.20. The van der Waals surface area contributed by atoms with Crippen LogP contribution in [0.4, 0.5) is 0 Å². The van der Waals surface area contributed by atoms with Crippen LogP contribution in [0.5, 0.6) is 0 Å². The van der Waals surface area contributed by atoms with Crippen molar-refractivity contribution in [3.05, 3.63) is 35.9 Å². The monoisotopic (exact) mass is 288 g/mol. The summed E-state index contributed by atoms with van der Waals surface area (Å²) in [6, 6.07) is 9.39. The summed E-state index contributed by atoms with van der Waals surface area (Å²) in [4.78, 5) is 28.2. The number of ketones is 1. The van der Waals surface area contributed by atoms with E-state index in [4.69, 9.17) is 0 Å². The van der Waals surface area contributed by atoms with E-state index in [1.165, 1.54) is 0 Å². The smallest absolute Gasteiger partial charge is 0.242 e. The number of nitrogens with zero attached hydrogens (tertiary/aromatic N) is 2. The van der Waals surface area contributed by atoms with Crippen molar-refractivity contribution in [2.75, 3.05) is 26.7 Å². The Kier molecular flexibility index (Phi) is 4.78. The van der Waals surface area contributed by atoms with Crippen molar-refractivity contribution in [3.8, 4) is 0 Å². The second-order valence-electron chi connectivity index (χ2n) is 6.17. The first-order valence-electron chi connectivity index (χ1n) is 7.52. The Morgan fingerprint density at radius 1 is 1.19 bits per heavy atom. The second-order valence-corrected chi connectivity index (χ2v) is 6.17. The van der Waals surface area contributed by atoms with E-state index in [1.54, 1.807) is 4.90 Å². The lowest BCUT2D eigenvalue weighted by atomic mass is 9.97. The van der Waals surface area contributed by atoms with Crippen LogP contribution in [0.2, 0.25) is 0 Å². The van der Waals surface area contributed by atoms with Gasteiger partial charge < -0.3 is 4.90 Å². The maximum absolute atomic E-state index is 12.2. The molecule has 4 nitrogen and oxygen atoms in total. The van der Waals surface area contributed by atoms with Crippen LogP contribution in [0.25, 0.3) is 0 Å². The van der Waals surface area contributed by atoms with Gasteiger partial charge in [-0.1, -0.05) is 30.3 Å². The SMILES string of the molecule is CN1CCN(CCCC(=O)c2ccccc2)C(C)(C)C1=O. The molecule has 1 aliphatic heterocycles. The van der Waals surface area contributed by atoms with Crippen LogP contribution in [0.1, 0.15) is 37.0 Å². The third kappa shape index (κ3) is 3.50. The van der Waals surface area contributed by atoms with E-state index in [9.17, 15) is 9.59 Å². The number of hydrogen-bond acceptors (Lipinski definition) is 3. The quantitative estimate of drug-likeness (QED) is 0.780. The average Bonchev–Trinajstić information content (AvgIpc) is 2.48. The first-order chi connectivity index (χ1) is 9.93. The Balaban J connectivity index is 1.86. The molecule has 0 aliphatic carbocycles. The van der Waals surface area contributed by atoms with E-state index >= 15 is 0 Å². The lowest BCUT2D eigenvalue weighted by Gasteiger charge is -2.44. The minimum absolute atomic E-state index is 0.156. The summed E-state index contributed by atoms with van der Waals surface area (Å²) >= 11 is 0. The van der Waals surface area contributed by atoms with Gasteiger partial charge in [0.2, 0.25) is 5.91 Å². The highest BCUT2D eigenvalue weighted by atomic mass is 16.2. The molecule has 1 aromatic carbocycles. The van der Waals surface area contributed by atoms with Gasteiger partial charge in [-0.3, -0.25) is 14.5 Å². The Morgan fingerprint density at radius 3 is 2.52 bits per heavy atom. The van der Waals surface area contributed by atoms with Crippen LogP contribution >= 0.6 is 0 Å². The summed E-state index contributed by atoms with van der Waals surface area (Å²) < 4.78 is 0. The molecule has 1 aliphatic rings. The lowest BCUT2D eigenvalue weighted by molar-refractivity contribution is -0.147. The molecule has 4 heteroatoms. The molecule has 1 aromatic rings. The van der Waals surface area contributed by atoms with Crippen molar-refractivity contribution >= 4 is 11.7 Å². The van der Waals surface area contributed by atoms with Gasteiger partial charge >= 0.3 is 0 Å². The minimum atomic E-state index is -0.469. The average molecular weight is 288 g/mol. The molecule has 1 fully saturated rings. The van der Waals surface area contributed by atoms with Crippen molar-refractivity contribution in [2.45, 2.75) is 32.2 Å². The molecule has 21 heavy (non-hydrogen) atoms. The van der Waals surface area contributed by atoms with Crippen LogP contribution < -0.4 is 0 Å². The van der Waals surface area contributed by atoms with Gasteiger partial charge in [-0.25, -0.2) is 0 Å². The zero-order valence-electron chi connectivity index (χ0n) is 13.1. The summed E-state index contributed by atoms with van der Waals surface area (Å²) in [5.41, 5.74) is 0.300. The highest BCUT2D eigenvalue weighted by Gasteiger charge is 2.39. The van der Waals surface area contributed by atoms with Crippen LogP contribution in [0.3, 0.4) is 0 Å². The summed E-state index contributed by atoms with van der Waals surface area (Å²) in [5, 5.41) is 0. The van der Waals surface area contributed by atoms with Crippen molar-refractivity contribution in [2.24, 2.45) is 0 Å². The number of likely N-dealkylation sites (N-methyl/N-ethyl adjacent to an activating group) is 1. The van der Waals surface area contributed by atoms with Crippen molar-refractivity contribution in [1.29, 1.82) is 0 Å². The molecule has 1 heterocycles. The van der Waals surface area contributed by atoms with Crippen molar-refractivity contribution < 1.29 is 9.59 Å². The first-order valence-corrected chi connectivity index (χ1v) is 7.52. The normalized spacial score (nSPS) is 18.8. The van der Waals surface area contributed by atoms with E-state index in [0.29, 0.717) is 6.42 Å². The van der Waals surface area contributed by atoms with Gasteiger partial charge in [0.15, 0.2) is 5.78 Å². The highest BCUT2D eigenvalue weighted by molar-refractivity contribution is 5.95. The minimum Gasteiger partial charge on any atom is -0.343 e. The third-order valence-electron chi connectivity index (χ3n) is 4.29. The Bertz CT molecular complexity index is 511. The molecule has 0 aromatic heterocycles. The van der Waals surface area contributed by atoms with Gasteiger partial charge in [0, 0.05) is 32.1 Å². The number of carbonyl (C=O) groups is 2. The molecule has 0 N–H and O–H groups in total. The largest absolute Gasteiger partial charge is 0.343 e. The number of piperazine rings is 1. The van der Waals surface area contributed by atoms with Gasteiger partial charge in [-0.05, 0) is 26.8 Å². The van der Waals surface area contributed by atoms with Gasteiger partial charge in [0.1, 0.15) is 0 Å². The molecule has 0 bridgehead atoms. The molecule has 0 saturated carbocycles. The molecular formula is C17H24N2O2. The summed E-state index contributed by atoms with van der Waals surface area (Å²) in [6.45, 7) is 6.34. The van der Waals surface area contributed by atoms with E-state index in [-0.39, 0.29) is 11.7 Å². The maximum atomic E-state index is 12.2. The van der Waals surface area contributed by atoms with Crippen LogP contribution in [0, 0.1) is 0 Å². The molecule has 0 atom stereocenters. The first kappa shape index (κ1) is 15.7. The molecule has 0 radical (unpaired) electrons. The van der Waals surface area contributed by atoms with Crippen LogP contribution in [-0.4, -0.2) is 53.7 Å². The number of carbonyl (C=O) groups excluding carboxylic acids is 2. The number of benzene rings is 1. The van der Waals surface area contributed by atoms with E-state index in [0.717, 1.165) is 31.6 Å². The fraction of sp³-hybridized carbons (Fsp3) is 0.529. The number of hydrogen-bond donors (Lipinski definition) is 0. The lowest BCUT2D eigenvalue weighted by Crippen LogP contribution is -2.62. The van der Waals surface area contributed by atoms with E-state index in [1.807, 2.05) is 51.2 Å². The zero-order chi connectivity index (χ0) is 15.5. The molecule has 2 rings (SSSR count). The van der Waals surface area contributed by atoms with Gasteiger partial charge in [0.25, 0.3) is 0 Å². The number of amides is 1. The second kappa shape index (κ2) is 6.39. The number of rotatable bonds is 5. The summed E-state index contributed by atoms with van der Waals surface area (Å²) in [6.07, 6.45) is 1.31. The Labute approximate surface area is 126 Å². The molecule has 1 saturated heterocycles. The summed E-state index contributed by atoms with van der Waals surface area (Å²) in [5.74, 6) is 0.331. The van der Waals surface area contributed by atoms with Crippen molar-refractivity contribution in [3.63, 3.8) is 0 Å². The number of Topliss-reactive ketones (excluding diaryl/α,β-unsaturated/α-hetero) is 1.